The predicted molar refractivity (Wildman–Crippen MR) is 121 cm³/mol. The molecule has 3 rings (SSSR count). The zero-order chi connectivity index (χ0) is 23.4. The third-order valence-electron chi connectivity index (χ3n) is 5.99. The number of carboxylic acid groups (broad SMARTS) is 1. The number of sulfonamides is 1. The fourth-order valence-electron chi connectivity index (χ4n) is 4.19. The number of carboxylic acids is 1. The van der Waals surface area contributed by atoms with Gasteiger partial charge in [-0.05, 0) is 63.3 Å². The van der Waals surface area contributed by atoms with Crippen molar-refractivity contribution < 1.29 is 27.9 Å². The van der Waals surface area contributed by atoms with Crippen molar-refractivity contribution in [2.24, 2.45) is 5.41 Å². The Morgan fingerprint density at radius 3 is 2.47 bits per heavy atom. The topological polar surface area (TPSA) is 101 Å². The second kappa shape index (κ2) is 9.73. The van der Waals surface area contributed by atoms with Gasteiger partial charge in [0.2, 0.25) is 0 Å². The lowest BCUT2D eigenvalue weighted by molar-refractivity contribution is -0.151. The maximum atomic E-state index is 13.5. The van der Waals surface area contributed by atoms with Gasteiger partial charge in [0.1, 0.15) is 0 Å². The minimum atomic E-state index is -3.87. The lowest BCUT2D eigenvalue weighted by Crippen LogP contribution is -2.37. The van der Waals surface area contributed by atoms with Crippen LogP contribution in [0.3, 0.4) is 0 Å². The third-order valence-corrected chi connectivity index (χ3v) is 7.81. The van der Waals surface area contributed by atoms with Crippen LogP contribution in [0.25, 0.3) is 0 Å². The van der Waals surface area contributed by atoms with Crippen molar-refractivity contribution in [3.05, 3.63) is 59.7 Å². The average molecular weight is 460 g/mol. The lowest BCUT2D eigenvalue weighted by Gasteiger charge is -2.28. The summed E-state index contributed by atoms with van der Waals surface area (Å²) >= 11 is 0. The molecular formula is C24H29NO6S. The lowest BCUT2D eigenvalue weighted by atomic mass is 9.75. The molecule has 0 saturated carbocycles. The van der Waals surface area contributed by atoms with E-state index in [0.29, 0.717) is 17.7 Å². The summed E-state index contributed by atoms with van der Waals surface area (Å²) in [5, 5.41) is 10.2. The van der Waals surface area contributed by atoms with Crippen LogP contribution in [-0.2, 0) is 30.8 Å². The summed E-state index contributed by atoms with van der Waals surface area (Å²) in [4.78, 5) is 24.3. The van der Waals surface area contributed by atoms with Crippen LogP contribution in [0.15, 0.2) is 53.4 Å². The Labute approximate surface area is 189 Å². The molecule has 0 aromatic heterocycles. The van der Waals surface area contributed by atoms with Gasteiger partial charge in [-0.2, -0.15) is 0 Å². The normalized spacial score (nSPS) is 18.5. The molecule has 7 nitrogen and oxygen atoms in total. The van der Waals surface area contributed by atoms with E-state index in [1.54, 1.807) is 55.5 Å². The molecule has 1 aliphatic heterocycles. The summed E-state index contributed by atoms with van der Waals surface area (Å²) in [6, 6.07) is 13.7. The quantitative estimate of drug-likeness (QED) is 0.600. The molecular weight excluding hydrogens is 430 g/mol. The summed E-state index contributed by atoms with van der Waals surface area (Å²) in [5.74, 6) is -1.34. The van der Waals surface area contributed by atoms with Gasteiger partial charge in [0.25, 0.3) is 10.0 Å². The third kappa shape index (κ3) is 4.96. The van der Waals surface area contributed by atoms with Crippen LogP contribution in [0.4, 0.5) is 5.69 Å². The SMILES string of the molecule is CCOC(=O)CCCC1(C(=O)O)CCN(S(=O)(=O)c2ccc(C)cc2)c2ccccc2C1. The van der Waals surface area contributed by atoms with E-state index in [4.69, 9.17) is 4.74 Å². The van der Waals surface area contributed by atoms with Crippen LogP contribution in [0.1, 0.15) is 43.7 Å². The first-order valence-corrected chi connectivity index (χ1v) is 12.2. The number of carbonyl (C=O) groups is 2. The zero-order valence-corrected chi connectivity index (χ0v) is 19.2. The highest BCUT2D eigenvalue weighted by molar-refractivity contribution is 7.92. The van der Waals surface area contributed by atoms with E-state index in [2.05, 4.69) is 0 Å². The Hall–Kier alpha value is -2.87. The predicted octanol–water partition coefficient (Wildman–Crippen LogP) is 3.94. The number of carbonyl (C=O) groups excluding carboxylic acids is 1. The molecule has 1 heterocycles. The van der Waals surface area contributed by atoms with Crippen LogP contribution in [0.5, 0.6) is 0 Å². The Morgan fingerprint density at radius 1 is 1.12 bits per heavy atom. The highest BCUT2D eigenvalue weighted by Gasteiger charge is 2.43. The summed E-state index contributed by atoms with van der Waals surface area (Å²) in [7, 11) is -3.87. The van der Waals surface area contributed by atoms with Crippen molar-refractivity contribution in [1.82, 2.24) is 0 Å². The summed E-state index contributed by atoms with van der Waals surface area (Å²) in [5.41, 5.74) is 0.952. The van der Waals surface area contributed by atoms with Crippen LogP contribution < -0.4 is 4.31 Å². The van der Waals surface area contributed by atoms with Crippen LogP contribution in [0.2, 0.25) is 0 Å². The standard InChI is InChI=1S/C24H29NO6S/c1-3-31-22(26)9-6-14-24(23(27)28)15-16-25(21-8-5-4-7-19(21)17-24)32(29,30)20-12-10-18(2)11-13-20/h4-5,7-8,10-13H,3,6,9,14-17H2,1-2H3,(H,27,28). The van der Waals surface area contributed by atoms with Gasteiger partial charge < -0.3 is 9.84 Å². The minimum absolute atomic E-state index is 0.0406. The Balaban J connectivity index is 1.94. The van der Waals surface area contributed by atoms with Gasteiger partial charge in [0, 0.05) is 13.0 Å². The first kappa shape index (κ1) is 23.8. The highest BCUT2D eigenvalue weighted by atomic mass is 32.2. The molecule has 2 aromatic rings. The maximum absolute atomic E-state index is 13.5. The van der Waals surface area contributed by atoms with Crippen molar-refractivity contribution >= 4 is 27.6 Å². The molecule has 0 fully saturated rings. The summed E-state index contributed by atoms with van der Waals surface area (Å²) in [6.07, 6.45) is 1.09. The molecule has 1 N–H and O–H groups in total. The molecule has 0 aliphatic carbocycles. The molecule has 0 saturated heterocycles. The van der Waals surface area contributed by atoms with Gasteiger partial charge >= 0.3 is 11.9 Å². The van der Waals surface area contributed by atoms with Crippen LogP contribution in [0, 0.1) is 12.3 Å². The molecule has 172 valence electrons. The second-order valence-corrected chi connectivity index (χ2v) is 10.1. The number of esters is 1. The fraction of sp³-hybridized carbons (Fsp3) is 0.417. The number of nitrogens with zero attached hydrogens (tertiary/aromatic N) is 1. The van der Waals surface area contributed by atoms with Crippen molar-refractivity contribution in [2.75, 3.05) is 17.5 Å². The number of aryl methyl sites for hydroxylation is 1. The Kier molecular flexibility index (Phi) is 7.23. The number of para-hydroxylation sites is 1. The number of aliphatic carboxylic acids is 1. The number of anilines is 1. The number of hydrogen-bond acceptors (Lipinski definition) is 5. The largest absolute Gasteiger partial charge is 0.481 e. The van der Waals surface area contributed by atoms with E-state index in [1.165, 1.54) is 4.31 Å². The number of ether oxygens (including phenoxy) is 1. The smallest absolute Gasteiger partial charge is 0.310 e. The van der Waals surface area contributed by atoms with Gasteiger partial charge in [-0.25, -0.2) is 8.42 Å². The van der Waals surface area contributed by atoms with Gasteiger partial charge in [0.05, 0.1) is 22.6 Å². The molecule has 0 bridgehead atoms. The van der Waals surface area contributed by atoms with E-state index >= 15 is 0 Å². The van der Waals surface area contributed by atoms with Gasteiger partial charge in [-0.1, -0.05) is 35.9 Å². The van der Waals surface area contributed by atoms with Gasteiger partial charge in [-0.3, -0.25) is 13.9 Å². The Bertz CT molecular complexity index is 1080. The number of rotatable bonds is 8. The highest BCUT2D eigenvalue weighted by Crippen LogP contribution is 2.41. The molecule has 1 aliphatic rings. The van der Waals surface area contributed by atoms with Gasteiger partial charge in [0.15, 0.2) is 0 Å². The van der Waals surface area contributed by atoms with Crippen LogP contribution in [-0.4, -0.2) is 38.6 Å². The van der Waals surface area contributed by atoms with Crippen molar-refractivity contribution in [1.29, 1.82) is 0 Å². The first-order valence-electron chi connectivity index (χ1n) is 10.8. The molecule has 0 amide bonds. The average Bonchev–Trinajstić information content (AvgIpc) is 2.92. The molecule has 1 unspecified atom stereocenters. The molecule has 2 aromatic carbocycles. The van der Waals surface area contributed by atoms with E-state index in [0.717, 1.165) is 5.56 Å². The summed E-state index contributed by atoms with van der Waals surface area (Å²) < 4.78 is 33.2. The van der Waals surface area contributed by atoms with E-state index in [-0.39, 0.29) is 49.7 Å². The molecule has 0 radical (unpaired) electrons. The number of hydrogen-bond donors (Lipinski definition) is 1. The number of benzene rings is 2. The van der Waals surface area contributed by atoms with Crippen molar-refractivity contribution in [3.8, 4) is 0 Å². The molecule has 8 heteroatoms. The van der Waals surface area contributed by atoms with Crippen LogP contribution >= 0.6 is 0 Å². The summed E-state index contributed by atoms with van der Waals surface area (Å²) in [6.45, 7) is 3.93. The fourth-order valence-corrected chi connectivity index (χ4v) is 5.69. The monoisotopic (exact) mass is 459 g/mol. The Morgan fingerprint density at radius 2 is 1.81 bits per heavy atom. The maximum Gasteiger partial charge on any atom is 0.310 e. The van der Waals surface area contributed by atoms with Gasteiger partial charge in [-0.15, -0.1) is 0 Å². The molecule has 0 spiro atoms. The van der Waals surface area contributed by atoms with E-state index in [9.17, 15) is 23.1 Å². The molecule has 1 atom stereocenters. The number of fused-ring (bicyclic) bond motifs is 1. The van der Waals surface area contributed by atoms with Crippen molar-refractivity contribution in [3.63, 3.8) is 0 Å². The van der Waals surface area contributed by atoms with E-state index < -0.39 is 21.4 Å². The first-order chi connectivity index (χ1) is 15.2. The second-order valence-electron chi connectivity index (χ2n) is 8.19. The molecule has 32 heavy (non-hydrogen) atoms. The zero-order valence-electron chi connectivity index (χ0n) is 18.4. The minimum Gasteiger partial charge on any atom is -0.481 e. The van der Waals surface area contributed by atoms with Crippen molar-refractivity contribution in [2.45, 2.75) is 50.8 Å². The van der Waals surface area contributed by atoms with E-state index in [1.807, 2.05) is 6.92 Å².